The summed E-state index contributed by atoms with van der Waals surface area (Å²) in [6.07, 6.45) is 1.17. The van der Waals surface area contributed by atoms with Gasteiger partial charge in [-0.1, -0.05) is 37.3 Å². The molecule has 2 aromatic carbocycles. The van der Waals surface area contributed by atoms with Crippen LogP contribution in [0.4, 0.5) is 5.69 Å². The number of ether oxygens (including phenoxy) is 1. The van der Waals surface area contributed by atoms with Gasteiger partial charge < -0.3 is 9.64 Å². The Labute approximate surface area is 161 Å². The monoisotopic (exact) mass is 390 g/mol. The molecular weight excluding hydrogens is 364 g/mol. The van der Waals surface area contributed by atoms with E-state index in [4.69, 9.17) is 4.74 Å². The van der Waals surface area contributed by atoms with Gasteiger partial charge in [-0.2, -0.15) is 0 Å². The number of anilines is 1. The van der Waals surface area contributed by atoms with Crippen LogP contribution in [-0.2, 0) is 10.0 Å². The van der Waals surface area contributed by atoms with Crippen molar-refractivity contribution in [3.05, 3.63) is 60.2 Å². The van der Waals surface area contributed by atoms with E-state index < -0.39 is 10.0 Å². The summed E-state index contributed by atoms with van der Waals surface area (Å²) >= 11 is 0. The Morgan fingerprint density at radius 3 is 2.44 bits per heavy atom. The van der Waals surface area contributed by atoms with Crippen LogP contribution in [0.25, 0.3) is 0 Å². The summed E-state index contributed by atoms with van der Waals surface area (Å²) in [5.41, 5.74) is 0.645. The minimum absolute atomic E-state index is 0.0161. The van der Waals surface area contributed by atoms with Crippen LogP contribution in [0.1, 0.15) is 30.1 Å². The summed E-state index contributed by atoms with van der Waals surface area (Å²) < 4.78 is 32.2. The van der Waals surface area contributed by atoms with Crippen molar-refractivity contribution < 1.29 is 17.9 Å². The number of para-hydroxylation sites is 2. The van der Waals surface area contributed by atoms with Gasteiger partial charge in [-0.15, -0.1) is 0 Å². The van der Waals surface area contributed by atoms with Crippen molar-refractivity contribution in [2.75, 3.05) is 30.7 Å². The molecule has 0 radical (unpaired) electrons. The second kappa shape index (κ2) is 9.97. The van der Waals surface area contributed by atoms with Gasteiger partial charge in [0.15, 0.2) is 0 Å². The summed E-state index contributed by atoms with van der Waals surface area (Å²) in [5, 5.41) is 0. The highest BCUT2D eigenvalue weighted by atomic mass is 32.2. The lowest BCUT2D eigenvalue weighted by Gasteiger charge is -2.19. The van der Waals surface area contributed by atoms with Gasteiger partial charge in [-0.25, -0.2) is 8.42 Å². The number of hydrogen-bond donors (Lipinski definition) is 1. The zero-order valence-electron chi connectivity index (χ0n) is 15.7. The van der Waals surface area contributed by atoms with Crippen LogP contribution >= 0.6 is 0 Å². The van der Waals surface area contributed by atoms with Crippen molar-refractivity contribution in [3.8, 4) is 5.75 Å². The van der Waals surface area contributed by atoms with Gasteiger partial charge in [-0.3, -0.25) is 9.52 Å². The molecule has 0 spiro atoms. The number of nitrogens with one attached hydrogen (secondary N) is 1. The van der Waals surface area contributed by atoms with Gasteiger partial charge in [0.1, 0.15) is 5.75 Å². The molecule has 0 aliphatic heterocycles. The molecule has 1 N–H and O–H groups in total. The molecule has 0 aliphatic rings. The number of sulfonamides is 1. The largest absolute Gasteiger partial charge is 0.494 e. The SMILES string of the molecule is CCCS(=O)(=O)Nc1ccccc1C(=O)N(C)CCCOc1ccccc1. The molecule has 2 aromatic rings. The normalized spacial score (nSPS) is 11.0. The molecule has 0 unspecified atom stereocenters. The molecule has 146 valence electrons. The lowest BCUT2D eigenvalue weighted by atomic mass is 10.1. The van der Waals surface area contributed by atoms with E-state index in [-0.39, 0.29) is 11.7 Å². The predicted octanol–water partition coefficient (Wildman–Crippen LogP) is 3.38. The molecule has 0 heterocycles. The molecule has 0 saturated carbocycles. The van der Waals surface area contributed by atoms with Crippen molar-refractivity contribution in [1.29, 1.82) is 0 Å². The van der Waals surface area contributed by atoms with Gasteiger partial charge in [0.25, 0.3) is 5.91 Å². The van der Waals surface area contributed by atoms with E-state index in [0.717, 1.165) is 5.75 Å². The van der Waals surface area contributed by atoms with E-state index in [1.807, 2.05) is 30.3 Å². The summed E-state index contributed by atoms with van der Waals surface area (Å²) in [7, 11) is -1.76. The van der Waals surface area contributed by atoms with E-state index in [1.54, 1.807) is 43.1 Å². The third-order valence-electron chi connectivity index (χ3n) is 3.89. The Bertz CT molecular complexity index is 838. The van der Waals surface area contributed by atoms with Crippen LogP contribution in [0.2, 0.25) is 0 Å². The standard InChI is InChI=1S/C20H26N2O4S/c1-3-16-27(24,25)21-19-13-8-7-12-18(19)20(23)22(2)14-9-15-26-17-10-5-4-6-11-17/h4-8,10-13,21H,3,9,14-16H2,1-2H3. The number of carbonyl (C=O) groups excluding carboxylic acids is 1. The minimum Gasteiger partial charge on any atom is -0.494 e. The Morgan fingerprint density at radius 1 is 1.07 bits per heavy atom. The van der Waals surface area contributed by atoms with E-state index in [0.29, 0.717) is 37.2 Å². The van der Waals surface area contributed by atoms with E-state index in [9.17, 15) is 13.2 Å². The summed E-state index contributed by atoms with van der Waals surface area (Å²) in [6, 6.07) is 16.1. The van der Waals surface area contributed by atoms with Crippen molar-refractivity contribution in [2.24, 2.45) is 0 Å². The smallest absolute Gasteiger partial charge is 0.255 e. The first-order valence-electron chi connectivity index (χ1n) is 8.96. The summed E-state index contributed by atoms with van der Waals surface area (Å²) in [5.74, 6) is 0.578. The highest BCUT2D eigenvalue weighted by Crippen LogP contribution is 2.19. The number of rotatable bonds is 10. The maximum Gasteiger partial charge on any atom is 0.255 e. The molecule has 0 aliphatic carbocycles. The maximum atomic E-state index is 12.7. The van der Waals surface area contributed by atoms with Gasteiger partial charge >= 0.3 is 0 Å². The van der Waals surface area contributed by atoms with Crippen molar-refractivity contribution >= 4 is 21.6 Å². The van der Waals surface area contributed by atoms with E-state index >= 15 is 0 Å². The molecule has 0 saturated heterocycles. The zero-order valence-corrected chi connectivity index (χ0v) is 16.5. The lowest BCUT2D eigenvalue weighted by molar-refractivity contribution is 0.0789. The van der Waals surface area contributed by atoms with Crippen LogP contribution in [0.3, 0.4) is 0 Å². The summed E-state index contributed by atoms with van der Waals surface area (Å²) in [4.78, 5) is 14.3. The van der Waals surface area contributed by atoms with Gasteiger partial charge in [0.2, 0.25) is 10.0 Å². The highest BCUT2D eigenvalue weighted by molar-refractivity contribution is 7.92. The number of hydrogen-bond acceptors (Lipinski definition) is 4. The Hall–Kier alpha value is -2.54. The molecule has 27 heavy (non-hydrogen) atoms. The molecule has 6 nitrogen and oxygen atoms in total. The van der Waals surface area contributed by atoms with Gasteiger partial charge in [0, 0.05) is 13.6 Å². The average molecular weight is 391 g/mol. The molecule has 2 rings (SSSR count). The first-order chi connectivity index (χ1) is 12.9. The predicted molar refractivity (Wildman–Crippen MR) is 108 cm³/mol. The number of carbonyl (C=O) groups is 1. The third-order valence-corrected chi connectivity index (χ3v) is 5.37. The molecule has 7 heteroatoms. The van der Waals surface area contributed by atoms with Crippen LogP contribution < -0.4 is 9.46 Å². The Kier molecular flexibility index (Phi) is 7.67. The van der Waals surface area contributed by atoms with Crippen molar-refractivity contribution in [2.45, 2.75) is 19.8 Å². The second-order valence-corrected chi connectivity index (χ2v) is 8.05. The Balaban J connectivity index is 1.94. The quantitative estimate of drug-likeness (QED) is 0.631. The van der Waals surface area contributed by atoms with Crippen LogP contribution in [0, 0.1) is 0 Å². The average Bonchev–Trinajstić information content (AvgIpc) is 2.65. The molecule has 1 amide bonds. The Morgan fingerprint density at radius 2 is 1.74 bits per heavy atom. The third kappa shape index (κ3) is 6.60. The minimum atomic E-state index is -3.46. The van der Waals surface area contributed by atoms with Crippen molar-refractivity contribution in [3.63, 3.8) is 0 Å². The molecule has 0 bridgehead atoms. The number of nitrogens with zero attached hydrogens (tertiary/aromatic N) is 1. The first-order valence-corrected chi connectivity index (χ1v) is 10.6. The molecule has 0 atom stereocenters. The van der Waals surface area contributed by atoms with E-state index in [2.05, 4.69) is 4.72 Å². The maximum absolute atomic E-state index is 12.7. The van der Waals surface area contributed by atoms with Gasteiger partial charge in [-0.05, 0) is 37.1 Å². The van der Waals surface area contributed by atoms with Crippen molar-refractivity contribution in [1.82, 2.24) is 4.90 Å². The molecular formula is C20H26N2O4S. The zero-order chi connectivity index (χ0) is 19.7. The van der Waals surface area contributed by atoms with Gasteiger partial charge in [0.05, 0.1) is 23.6 Å². The van der Waals surface area contributed by atoms with Crippen LogP contribution in [0.15, 0.2) is 54.6 Å². The fourth-order valence-corrected chi connectivity index (χ4v) is 3.71. The topological polar surface area (TPSA) is 75.7 Å². The lowest BCUT2D eigenvalue weighted by Crippen LogP contribution is -2.30. The second-order valence-electron chi connectivity index (χ2n) is 6.21. The number of benzene rings is 2. The highest BCUT2D eigenvalue weighted by Gasteiger charge is 2.18. The number of amides is 1. The van der Waals surface area contributed by atoms with Crippen LogP contribution in [0.5, 0.6) is 5.75 Å². The fourth-order valence-electron chi connectivity index (χ4n) is 2.56. The molecule has 0 fully saturated rings. The van der Waals surface area contributed by atoms with Crippen LogP contribution in [-0.4, -0.2) is 45.2 Å². The first kappa shape index (κ1) is 20.8. The molecule has 0 aromatic heterocycles. The van der Waals surface area contributed by atoms with E-state index in [1.165, 1.54) is 0 Å². The fraction of sp³-hybridized carbons (Fsp3) is 0.350. The summed E-state index contributed by atoms with van der Waals surface area (Å²) in [6.45, 7) is 2.79.